The molecule has 0 fully saturated rings. The lowest BCUT2D eigenvalue weighted by Crippen LogP contribution is -2.32. The Morgan fingerprint density at radius 3 is 1.65 bits per heavy atom. The van der Waals surface area contributed by atoms with Gasteiger partial charge in [-0.2, -0.15) is 0 Å². The van der Waals surface area contributed by atoms with E-state index in [1.807, 2.05) is 6.20 Å². The van der Waals surface area contributed by atoms with Gasteiger partial charge < -0.3 is 4.74 Å². The molecule has 79 heavy (non-hydrogen) atoms. The van der Waals surface area contributed by atoms with Gasteiger partial charge in [0, 0.05) is 23.0 Å². The molecule has 0 N–H and O–H groups in total. The molecule has 0 amide bonds. The van der Waals surface area contributed by atoms with Crippen LogP contribution in [0, 0.1) is 6.33 Å². The summed E-state index contributed by atoms with van der Waals surface area (Å²) >= 11 is 0. The fraction of sp³-hybridized carbons (Fsp3) is 0.351. The monoisotopic (exact) mass is 1040 g/mol. The Bertz CT molecular complexity index is 3840. The van der Waals surface area contributed by atoms with E-state index in [4.69, 9.17) is 9.72 Å². The fourth-order valence-electron chi connectivity index (χ4n) is 13.6. The second kappa shape index (κ2) is 19.8. The third kappa shape index (κ3) is 9.70. The molecular weight excluding hydrogens is 961 g/mol. The van der Waals surface area contributed by atoms with E-state index in [1.165, 1.54) is 120 Å². The standard InChI is InChI=1S/C74H80N4O/c1-70(2,3)52-38-43-75-68(46-52)78-64-29-15-14-26-58(64)59-35-34-55(48-67(59)78)79-54-25-22-24-53(47-54)76-49-77(66-31-17-16-30-65(66)76)69-56(50-32-36-60-62(44-50)73(8,9)41-20-12-18-39-71(60,4)5)27-23-28-57(69)51-33-37-61-63(45-51)74(10,11)42-21-13-19-40-72(61,6)7/h14-17,22-38,43-48H,12-13,18-21,39-42H2,1-11H3. The average molecular weight is 1040 g/mol. The average Bonchev–Trinajstić information content (AvgIpc) is 4.26. The number of ether oxygens (including phenoxy) is 1. The smallest absolute Gasteiger partial charge is 0.269 e. The Morgan fingerprint density at radius 1 is 0.481 bits per heavy atom. The Morgan fingerprint density at radius 2 is 1.03 bits per heavy atom. The van der Waals surface area contributed by atoms with E-state index in [0.29, 0.717) is 0 Å². The second-order valence-electron chi connectivity index (χ2n) is 26.9. The molecule has 5 nitrogen and oxygen atoms in total. The number of nitrogens with zero attached hydrogens (tertiary/aromatic N) is 4. The van der Waals surface area contributed by atoms with Crippen molar-refractivity contribution < 1.29 is 9.30 Å². The van der Waals surface area contributed by atoms with Crippen LogP contribution < -0.4 is 9.30 Å². The van der Waals surface area contributed by atoms with Gasteiger partial charge in [0.2, 0.25) is 0 Å². The molecule has 5 heteroatoms. The first-order valence-corrected chi connectivity index (χ1v) is 29.5. The van der Waals surface area contributed by atoms with E-state index >= 15 is 0 Å². The summed E-state index contributed by atoms with van der Waals surface area (Å²) in [4.78, 5) is 4.94. The van der Waals surface area contributed by atoms with Gasteiger partial charge in [-0.3, -0.25) is 13.7 Å². The van der Waals surface area contributed by atoms with Crippen molar-refractivity contribution >= 4 is 32.8 Å². The van der Waals surface area contributed by atoms with Crippen LogP contribution in [0.4, 0.5) is 0 Å². The number of hydrogen-bond acceptors (Lipinski definition) is 2. The first kappa shape index (κ1) is 52.5. The van der Waals surface area contributed by atoms with Gasteiger partial charge in [0.15, 0.2) is 0 Å². The number of rotatable bonds is 7. The molecule has 2 aliphatic carbocycles. The molecule has 12 rings (SSSR count). The Labute approximate surface area is 470 Å². The molecule has 0 saturated heterocycles. The summed E-state index contributed by atoms with van der Waals surface area (Å²) in [6.45, 7) is 26.5. The van der Waals surface area contributed by atoms with Gasteiger partial charge in [0.05, 0.1) is 33.4 Å². The molecule has 0 unspecified atom stereocenters. The summed E-state index contributed by atoms with van der Waals surface area (Å²) in [7, 11) is 0. The molecule has 402 valence electrons. The van der Waals surface area contributed by atoms with Crippen LogP contribution in [0.2, 0.25) is 0 Å². The van der Waals surface area contributed by atoms with Gasteiger partial charge in [-0.15, -0.1) is 0 Å². The van der Waals surface area contributed by atoms with Crippen LogP contribution >= 0.6 is 0 Å². The number of aromatic nitrogens is 4. The van der Waals surface area contributed by atoms with Gasteiger partial charge in [0.1, 0.15) is 17.3 Å². The van der Waals surface area contributed by atoms with Crippen molar-refractivity contribution in [1.82, 2.24) is 14.1 Å². The van der Waals surface area contributed by atoms with E-state index in [0.717, 1.165) is 56.1 Å². The maximum absolute atomic E-state index is 6.91. The summed E-state index contributed by atoms with van der Waals surface area (Å²) in [5, 5.41) is 2.34. The zero-order valence-corrected chi connectivity index (χ0v) is 48.9. The van der Waals surface area contributed by atoms with Crippen molar-refractivity contribution in [3.63, 3.8) is 0 Å². The van der Waals surface area contributed by atoms with Gasteiger partial charge in [-0.1, -0.05) is 218 Å². The van der Waals surface area contributed by atoms with Crippen molar-refractivity contribution in [1.29, 1.82) is 0 Å². The number of benzene rings is 7. The predicted octanol–water partition coefficient (Wildman–Crippen LogP) is 19.7. The minimum atomic E-state index is -0.0204. The summed E-state index contributed by atoms with van der Waals surface area (Å²) in [5.74, 6) is 2.40. The summed E-state index contributed by atoms with van der Waals surface area (Å²) in [6, 6.07) is 58.6. The van der Waals surface area contributed by atoms with E-state index < -0.39 is 0 Å². The van der Waals surface area contributed by atoms with Crippen molar-refractivity contribution in [2.24, 2.45) is 0 Å². The lowest BCUT2D eigenvalue weighted by Gasteiger charge is -2.34. The topological polar surface area (TPSA) is 35.9 Å². The number of pyridine rings is 1. The Hall–Kier alpha value is -7.24. The molecule has 7 aromatic carbocycles. The highest BCUT2D eigenvalue weighted by Crippen LogP contribution is 2.47. The third-order valence-electron chi connectivity index (χ3n) is 18.4. The van der Waals surface area contributed by atoms with Crippen LogP contribution in [0.25, 0.3) is 72.3 Å². The van der Waals surface area contributed by atoms with E-state index in [1.54, 1.807) is 0 Å². The van der Waals surface area contributed by atoms with Crippen LogP contribution in [0.1, 0.15) is 168 Å². The molecule has 3 heterocycles. The maximum Gasteiger partial charge on any atom is 0.269 e. The summed E-state index contributed by atoms with van der Waals surface area (Å²) in [6.07, 6.45) is 18.3. The van der Waals surface area contributed by atoms with Gasteiger partial charge in [-0.25, -0.2) is 4.98 Å². The maximum atomic E-state index is 6.91. The highest BCUT2D eigenvalue weighted by Gasteiger charge is 2.35. The SMILES string of the molecule is CC(C)(C)c1ccnc(-n2c3ccccc3c3ccc(Oc4cccc(-n5[c-][n+](-c6c(-c7ccc8c(c7)C(C)(C)CCCCCC8(C)C)cccc6-c6ccc7c(c6)C(C)(C)CCCCCC7(C)C)c6ccccc65)c4)cc32)c1. The van der Waals surface area contributed by atoms with E-state index in [-0.39, 0.29) is 27.1 Å². The van der Waals surface area contributed by atoms with Crippen molar-refractivity contribution in [2.75, 3.05) is 0 Å². The minimum Gasteiger partial charge on any atom is -0.458 e. The predicted molar refractivity (Wildman–Crippen MR) is 330 cm³/mol. The fourth-order valence-corrected chi connectivity index (χ4v) is 13.6. The van der Waals surface area contributed by atoms with Crippen LogP contribution in [0.3, 0.4) is 0 Å². The molecular formula is C74H80N4O. The summed E-state index contributed by atoms with van der Waals surface area (Å²) < 4.78 is 13.8. The normalized spacial score (nSPS) is 17.2. The van der Waals surface area contributed by atoms with E-state index in [2.05, 4.69) is 254 Å². The molecule has 0 spiro atoms. The summed E-state index contributed by atoms with van der Waals surface area (Å²) in [5.41, 5.74) is 18.7. The third-order valence-corrected chi connectivity index (χ3v) is 18.4. The number of fused-ring (bicyclic) bond motifs is 6. The first-order chi connectivity index (χ1) is 37.8. The molecule has 10 aromatic rings. The highest BCUT2D eigenvalue weighted by atomic mass is 16.5. The highest BCUT2D eigenvalue weighted by molar-refractivity contribution is 6.09. The number of hydrogen-bond donors (Lipinski definition) is 0. The molecule has 0 atom stereocenters. The van der Waals surface area contributed by atoms with Crippen molar-refractivity contribution in [3.05, 3.63) is 198 Å². The largest absolute Gasteiger partial charge is 0.458 e. The molecule has 0 saturated carbocycles. The lowest BCUT2D eigenvalue weighted by atomic mass is 9.70. The molecule has 0 radical (unpaired) electrons. The Balaban J connectivity index is 1.02. The minimum absolute atomic E-state index is 0.0204. The van der Waals surface area contributed by atoms with Crippen molar-refractivity contribution in [2.45, 2.75) is 167 Å². The molecule has 0 aliphatic heterocycles. The second-order valence-corrected chi connectivity index (χ2v) is 26.9. The Kier molecular flexibility index (Phi) is 13.2. The molecule has 2 aliphatic rings. The zero-order valence-electron chi connectivity index (χ0n) is 48.9. The van der Waals surface area contributed by atoms with E-state index in [9.17, 15) is 0 Å². The number of para-hydroxylation sites is 4. The molecule has 0 bridgehead atoms. The lowest BCUT2D eigenvalue weighted by molar-refractivity contribution is -0.571. The van der Waals surface area contributed by atoms with Gasteiger partial charge in [-0.05, 0) is 151 Å². The quantitative estimate of drug-likeness (QED) is 0.118. The zero-order chi connectivity index (χ0) is 55.1. The van der Waals surface area contributed by atoms with Crippen LogP contribution in [0.5, 0.6) is 11.5 Å². The van der Waals surface area contributed by atoms with Crippen molar-refractivity contribution in [3.8, 4) is 50.9 Å². The van der Waals surface area contributed by atoms with Crippen LogP contribution in [-0.2, 0) is 27.1 Å². The van der Waals surface area contributed by atoms with Gasteiger partial charge >= 0.3 is 0 Å². The first-order valence-electron chi connectivity index (χ1n) is 29.5. The van der Waals surface area contributed by atoms with Gasteiger partial charge in [0.25, 0.3) is 6.33 Å². The van der Waals surface area contributed by atoms with Crippen LogP contribution in [-0.4, -0.2) is 14.1 Å². The molecule has 3 aromatic heterocycles. The van der Waals surface area contributed by atoms with Crippen LogP contribution in [0.15, 0.2) is 164 Å². The number of imidazole rings is 1.